The van der Waals surface area contributed by atoms with Gasteiger partial charge >= 0.3 is 5.97 Å². The summed E-state index contributed by atoms with van der Waals surface area (Å²) in [5.74, 6) is -0.978. The van der Waals surface area contributed by atoms with E-state index in [0.29, 0.717) is 13.0 Å². The molecule has 0 aliphatic rings. The number of nitrogens with zero attached hydrogens (tertiary/aromatic N) is 2. The summed E-state index contributed by atoms with van der Waals surface area (Å²) >= 11 is 0. The first-order chi connectivity index (χ1) is 7.45. The Morgan fingerprint density at radius 3 is 2.94 bits per heavy atom. The lowest BCUT2D eigenvalue weighted by Crippen LogP contribution is -2.45. The summed E-state index contributed by atoms with van der Waals surface area (Å²) in [5.41, 5.74) is 5.63. The van der Waals surface area contributed by atoms with Crippen molar-refractivity contribution in [3.8, 4) is 0 Å². The first-order valence-corrected chi connectivity index (χ1v) is 5.49. The standard InChI is InChI=1S/C11H19N3O2/c1-3-4-9-7-13-14(8-9)6-5-11(2,12)10(15)16/h7-8H,3-6,12H2,1-2H3,(H,15,16). The number of aryl methyl sites for hydroxylation is 2. The van der Waals surface area contributed by atoms with Crippen LogP contribution < -0.4 is 5.73 Å². The van der Waals surface area contributed by atoms with Gasteiger partial charge in [-0.3, -0.25) is 9.48 Å². The molecule has 0 saturated carbocycles. The van der Waals surface area contributed by atoms with Crippen LogP contribution in [0.15, 0.2) is 12.4 Å². The van der Waals surface area contributed by atoms with Crippen molar-refractivity contribution in [3.63, 3.8) is 0 Å². The van der Waals surface area contributed by atoms with Gasteiger partial charge in [-0.25, -0.2) is 0 Å². The maximum atomic E-state index is 10.8. The topological polar surface area (TPSA) is 81.1 Å². The van der Waals surface area contributed by atoms with Crippen molar-refractivity contribution in [1.82, 2.24) is 9.78 Å². The number of hydrogen-bond donors (Lipinski definition) is 2. The van der Waals surface area contributed by atoms with Crippen LogP contribution in [-0.2, 0) is 17.8 Å². The SMILES string of the molecule is CCCc1cnn(CCC(C)(N)C(=O)O)c1. The molecule has 0 aromatic carbocycles. The first-order valence-electron chi connectivity index (χ1n) is 5.49. The summed E-state index contributed by atoms with van der Waals surface area (Å²) in [7, 11) is 0. The molecule has 1 aromatic rings. The van der Waals surface area contributed by atoms with Crippen LogP contribution in [0, 0.1) is 0 Å². The van der Waals surface area contributed by atoms with Gasteiger partial charge in [0.25, 0.3) is 0 Å². The monoisotopic (exact) mass is 225 g/mol. The Labute approximate surface area is 95.3 Å². The summed E-state index contributed by atoms with van der Waals surface area (Å²) in [4.78, 5) is 10.8. The van der Waals surface area contributed by atoms with Crippen molar-refractivity contribution < 1.29 is 9.90 Å². The van der Waals surface area contributed by atoms with Crippen LogP contribution in [0.3, 0.4) is 0 Å². The fraction of sp³-hybridized carbons (Fsp3) is 0.636. The molecule has 0 radical (unpaired) electrons. The molecule has 0 saturated heterocycles. The third-order valence-electron chi connectivity index (χ3n) is 2.57. The van der Waals surface area contributed by atoms with Gasteiger partial charge in [0.1, 0.15) is 5.54 Å². The Hall–Kier alpha value is -1.36. The normalized spacial score (nSPS) is 14.7. The van der Waals surface area contributed by atoms with Crippen LogP contribution >= 0.6 is 0 Å². The molecule has 0 bridgehead atoms. The van der Waals surface area contributed by atoms with Gasteiger partial charge < -0.3 is 10.8 Å². The van der Waals surface area contributed by atoms with Gasteiger partial charge in [0.2, 0.25) is 0 Å². The Bertz CT molecular complexity index is 358. The van der Waals surface area contributed by atoms with E-state index in [2.05, 4.69) is 12.0 Å². The zero-order chi connectivity index (χ0) is 12.2. The lowest BCUT2D eigenvalue weighted by atomic mass is 10.00. The lowest BCUT2D eigenvalue weighted by molar-refractivity contribution is -0.143. The van der Waals surface area contributed by atoms with Gasteiger partial charge in [-0.15, -0.1) is 0 Å². The van der Waals surface area contributed by atoms with E-state index in [1.54, 1.807) is 4.68 Å². The molecule has 5 heteroatoms. The minimum absolute atomic E-state index is 0.371. The summed E-state index contributed by atoms with van der Waals surface area (Å²) in [5, 5.41) is 13.0. The minimum Gasteiger partial charge on any atom is -0.480 e. The maximum absolute atomic E-state index is 10.8. The van der Waals surface area contributed by atoms with Gasteiger partial charge in [-0.2, -0.15) is 5.10 Å². The van der Waals surface area contributed by atoms with Crippen LogP contribution in [-0.4, -0.2) is 26.4 Å². The molecule has 0 fully saturated rings. The zero-order valence-corrected chi connectivity index (χ0v) is 9.81. The number of rotatable bonds is 6. The Morgan fingerprint density at radius 2 is 2.38 bits per heavy atom. The van der Waals surface area contributed by atoms with Crippen molar-refractivity contribution in [2.75, 3.05) is 0 Å². The second-order valence-electron chi connectivity index (χ2n) is 4.33. The highest BCUT2D eigenvalue weighted by atomic mass is 16.4. The highest BCUT2D eigenvalue weighted by Crippen LogP contribution is 2.08. The predicted molar refractivity (Wildman–Crippen MR) is 61.1 cm³/mol. The fourth-order valence-electron chi connectivity index (χ4n) is 1.40. The molecule has 16 heavy (non-hydrogen) atoms. The van der Waals surface area contributed by atoms with Crippen molar-refractivity contribution in [2.45, 2.75) is 45.2 Å². The Kier molecular flexibility index (Phi) is 4.06. The zero-order valence-electron chi connectivity index (χ0n) is 9.81. The Balaban J connectivity index is 2.51. The van der Waals surface area contributed by atoms with E-state index in [4.69, 9.17) is 10.8 Å². The number of aromatic nitrogens is 2. The highest BCUT2D eigenvalue weighted by molar-refractivity contribution is 5.77. The minimum atomic E-state index is -1.18. The van der Waals surface area contributed by atoms with Gasteiger partial charge in [0.05, 0.1) is 6.20 Å². The van der Waals surface area contributed by atoms with E-state index in [1.165, 1.54) is 12.5 Å². The smallest absolute Gasteiger partial charge is 0.323 e. The summed E-state index contributed by atoms with van der Waals surface area (Å²) in [6.07, 6.45) is 6.21. The average molecular weight is 225 g/mol. The number of carbonyl (C=O) groups is 1. The quantitative estimate of drug-likeness (QED) is 0.757. The second kappa shape index (κ2) is 5.12. The molecular formula is C11H19N3O2. The van der Waals surface area contributed by atoms with Crippen LogP contribution in [0.5, 0.6) is 0 Å². The van der Waals surface area contributed by atoms with Crippen LogP contribution in [0.1, 0.15) is 32.3 Å². The van der Waals surface area contributed by atoms with Crippen LogP contribution in [0.2, 0.25) is 0 Å². The number of aliphatic carboxylic acids is 1. The summed E-state index contributed by atoms with van der Waals surface area (Å²) in [6, 6.07) is 0. The van der Waals surface area contributed by atoms with Gasteiger partial charge in [-0.1, -0.05) is 13.3 Å². The van der Waals surface area contributed by atoms with Crippen molar-refractivity contribution in [3.05, 3.63) is 18.0 Å². The van der Waals surface area contributed by atoms with E-state index >= 15 is 0 Å². The van der Waals surface area contributed by atoms with Gasteiger partial charge in [-0.05, 0) is 25.3 Å². The van der Waals surface area contributed by atoms with Crippen molar-refractivity contribution in [1.29, 1.82) is 0 Å². The Morgan fingerprint density at radius 1 is 1.69 bits per heavy atom. The molecule has 0 aliphatic carbocycles. The predicted octanol–water partition coefficient (Wildman–Crippen LogP) is 1.03. The number of nitrogens with two attached hydrogens (primary N) is 1. The second-order valence-corrected chi connectivity index (χ2v) is 4.33. The summed E-state index contributed by atoms with van der Waals surface area (Å²) < 4.78 is 1.75. The molecule has 90 valence electrons. The van der Waals surface area contributed by atoms with E-state index in [0.717, 1.165) is 12.8 Å². The molecule has 0 aliphatic heterocycles. The molecule has 3 N–H and O–H groups in total. The van der Waals surface area contributed by atoms with Crippen molar-refractivity contribution in [2.24, 2.45) is 5.73 Å². The largest absolute Gasteiger partial charge is 0.480 e. The van der Waals surface area contributed by atoms with Gasteiger partial charge in [0, 0.05) is 12.7 Å². The molecule has 1 unspecified atom stereocenters. The van der Waals surface area contributed by atoms with Crippen LogP contribution in [0.25, 0.3) is 0 Å². The molecule has 1 rings (SSSR count). The third kappa shape index (κ3) is 3.34. The van der Waals surface area contributed by atoms with Gasteiger partial charge in [0.15, 0.2) is 0 Å². The molecule has 1 aromatic heterocycles. The first kappa shape index (κ1) is 12.7. The average Bonchev–Trinajstić information content (AvgIpc) is 2.63. The molecule has 0 spiro atoms. The molecule has 0 amide bonds. The fourth-order valence-corrected chi connectivity index (χ4v) is 1.40. The van der Waals surface area contributed by atoms with Crippen molar-refractivity contribution >= 4 is 5.97 Å². The van der Waals surface area contributed by atoms with E-state index in [1.807, 2.05) is 12.4 Å². The molecule has 1 heterocycles. The number of carboxylic acids is 1. The maximum Gasteiger partial charge on any atom is 0.323 e. The molecular weight excluding hydrogens is 206 g/mol. The highest BCUT2D eigenvalue weighted by Gasteiger charge is 2.27. The number of hydrogen-bond acceptors (Lipinski definition) is 3. The van der Waals surface area contributed by atoms with E-state index in [-0.39, 0.29) is 0 Å². The van der Waals surface area contributed by atoms with E-state index < -0.39 is 11.5 Å². The lowest BCUT2D eigenvalue weighted by Gasteiger charge is -2.18. The summed E-state index contributed by atoms with van der Waals surface area (Å²) in [6.45, 7) is 4.16. The number of carboxylic acid groups (broad SMARTS) is 1. The molecule has 5 nitrogen and oxygen atoms in total. The van der Waals surface area contributed by atoms with Crippen LogP contribution in [0.4, 0.5) is 0 Å². The third-order valence-corrected chi connectivity index (χ3v) is 2.57. The van der Waals surface area contributed by atoms with E-state index in [9.17, 15) is 4.79 Å². The molecule has 1 atom stereocenters.